The van der Waals surface area contributed by atoms with E-state index < -0.39 is 0 Å². The van der Waals surface area contributed by atoms with Crippen LogP contribution in [0.1, 0.15) is 17.3 Å². The number of hydrogen-bond acceptors (Lipinski definition) is 3. The van der Waals surface area contributed by atoms with E-state index in [0.29, 0.717) is 29.6 Å². The fraction of sp³-hybridized carbons (Fsp3) is 0.364. The summed E-state index contributed by atoms with van der Waals surface area (Å²) in [5, 5.41) is 6.34. The Morgan fingerprint density at radius 2 is 1.68 bits per heavy atom. The third-order valence-electron chi connectivity index (χ3n) is 5.69. The van der Waals surface area contributed by atoms with Gasteiger partial charge in [0.05, 0.1) is 0 Å². The predicted octanol–water partition coefficient (Wildman–Crippen LogP) is 3.04. The van der Waals surface area contributed by atoms with Crippen LogP contribution >= 0.6 is 0 Å². The number of para-hydroxylation sites is 1. The molecule has 2 atom stereocenters. The van der Waals surface area contributed by atoms with Gasteiger partial charge in [0.1, 0.15) is 0 Å². The molecule has 2 aromatic carbocycles. The molecule has 2 aromatic rings. The Kier molecular flexibility index (Phi) is 5.30. The van der Waals surface area contributed by atoms with Crippen LogP contribution in [0.25, 0.3) is 0 Å². The van der Waals surface area contributed by atoms with Crippen LogP contribution in [-0.4, -0.2) is 49.6 Å². The number of fused-ring (bicyclic) bond motifs is 1. The molecular weight excluding hydrogens is 352 g/mol. The van der Waals surface area contributed by atoms with Crippen LogP contribution in [0, 0.1) is 11.8 Å². The van der Waals surface area contributed by atoms with E-state index in [-0.39, 0.29) is 11.9 Å². The van der Waals surface area contributed by atoms with Crippen molar-refractivity contribution in [3.05, 3.63) is 60.2 Å². The number of nitrogens with one attached hydrogen (secondary N) is 2. The van der Waals surface area contributed by atoms with Gasteiger partial charge in [-0.3, -0.25) is 4.79 Å². The average molecular weight is 378 g/mol. The smallest absolute Gasteiger partial charge is 0.321 e. The summed E-state index contributed by atoms with van der Waals surface area (Å²) in [7, 11) is 0. The summed E-state index contributed by atoms with van der Waals surface area (Å²) in [4.78, 5) is 29.0. The molecule has 28 heavy (non-hydrogen) atoms. The minimum atomic E-state index is -0.0621. The number of likely N-dealkylation sites (tertiary alicyclic amines) is 1. The highest BCUT2D eigenvalue weighted by atomic mass is 16.2. The SMILES string of the molecule is CCN(C(=O)c1ccc(NC(=O)N2CC3CNCC3C2)cc1)c1ccccc1. The number of nitrogens with zero attached hydrogens (tertiary/aromatic N) is 2. The predicted molar refractivity (Wildman–Crippen MR) is 111 cm³/mol. The Morgan fingerprint density at radius 3 is 2.29 bits per heavy atom. The second kappa shape index (κ2) is 8.02. The minimum Gasteiger partial charge on any atom is -0.324 e. The number of rotatable bonds is 4. The Bertz CT molecular complexity index is 825. The molecule has 2 aliphatic heterocycles. The van der Waals surface area contributed by atoms with Gasteiger partial charge in [0.15, 0.2) is 0 Å². The molecule has 0 aliphatic carbocycles. The zero-order valence-corrected chi connectivity index (χ0v) is 16.1. The third-order valence-corrected chi connectivity index (χ3v) is 5.69. The largest absolute Gasteiger partial charge is 0.324 e. The van der Waals surface area contributed by atoms with Crippen LogP contribution in [0.3, 0.4) is 0 Å². The number of carbonyl (C=O) groups excluding carboxylic acids is 2. The highest BCUT2D eigenvalue weighted by Crippen LogP contribution is 2.27. The van der Waals surface area contributed by atoms with Crippen molar-refractivity contribution in [2.75, 3.05) is 42.9 Å². The molecule has 2 N–H and O–H groups in total. The van der Waals surface area contributed by atoms with Crippen molar-refractivity contribution in [3.63, 3.8) is 0 Å². The van der Waals surface area contributed by atoms with E-state index in [1.54, 1.807) is 29.2 Å². The fourth-order valence-corrected chi connectivity index (χ4v) is 4.13. The summed E-state index contributed by atoms with van der Waals surface area (Å²) in [6.07, 6.45) is 0. The van der Waals surface area contributed by atoms with Crippen molar-refractivity contribution in [3.8, 4) is 0 Å². The molecular formula is C22H26N4O2. The summed E-state index contributed by atoms with van der Waals surface area (Å²) in [5.41, 5.74) is 2.19. The summed E-state index contributed by atoms with van der Waals surface area (Å²) < 4.78 is 0. The second-order valence-electron chi connectivity index (χ2n) is 7.48. The molecule has 0 radical (unpaired) electrons. The number of anilines is 2. The quantitative estimate of drug-likeness (QED) is 0.860. The van der Waals surface area contributed by atoms with Gasteiger partial charge in [-0.25, -0.2) is 4.79 Å². The Labute approximate surface area is 165 Å². The first-order chi connectivity index (χ1) is 13.7. The lowest BCUT2D eigenvalue weighted by Crippen LogP contribution is -2.35. The number of urea groups is 1. The topological polar surface area (TPSA) is 64.7 Å². The van der Waals surface area contributed by atoms with Gasteiger partial charge in [0.2, 0.25) is 0 Å². The molecule has 2 heterocycles. The van der Waals surface area contributed by atoms with Crippen LogP contribution in [0.2, 0.25) is 0 Å². The molecule has 2 unspecified atom stereocenters. The lowest BCUT2D eigenvalue weighted by atomic mass is 10.0. The Balaban J connectivity index is 1.39. The van der Waals surface area contributed by atoms with Gasteiger partial charge in [-0.2, -0.15) is 0 Å². The van der Waals surface area contributed by atoms with E-state index in [1.807, 2.05) is 42.2 Å². The highest BCUT2D eigenvalue weighted by molar-refractivity contribution is 6.06. The van der Waals surface area contributed by atoms with Crippen LogP contribution in [0.4, 0.5) is 16.2 Å². The van der Waals surface area contributed by atoms with Crippen molar-refractivity contribution in [2.45, 2.75) is 6.92 Å². The third kappa shape index (κ3) is 3.73. The molecule has 0 bridgehead atoms. The molecule has 3 amide bonds. The standard InChI is InChI=1S/C22H26N4O2/c1-2-26(20-6-4-3-5-7-20)21(27)16-8-10-19(11-9-16)24-22(28)25-14-17-12-23-13-18(17)15-25/h3-11,17-18,23H,2,12-15H2,1H3,(H,24,28). The van der Waals surface area contributed by atoms with Gasteiger partial charge < -0.3 is 20.4 Å². The number of amides is 3. The molecule has 2 aliphatic rings. The van der Waals surface area contributed by atoms with E-state index in [1.165, 1.54) is 0 Å². The van der Waals surface area contributed by atoms with Crippen LogP contribution in [0.15, 0.2) is 54.6 Å². The highest BCUT2D eigenvalue weighted by Gasteiger charge is 2.38. The first-order valence-electron chi connectivity index (χ1n) is 9.89. The molecule has 0 aromatic heterocycles. The molecule has 6 nitrogen and oxygen atoms in total. The summed E-state index contributed by atoms with van der Waals surface area (Å²) >= 11 is 0. The monoisotopic (exact) mass is 378 g/mol. The molecule has 6 heteroatoms. The fourth-order valence-electron chi connectivity index (χ4n) is 4.13. The van der Waals surface area contributed by atoms with Crippen LogP contribution in [0.5, 0.6) is 0 Å². The van der Waals surface area contributed by atoms with E-state index in [9.17, 15) is 9.59 Å². The molecule has 4 rings (SSSR count). The van der Waals surface area contributed by atoms with E-state index in [0.717, 1.165) is 31.9 Å². The first-order valence-corrected chi connectivity index (χ1v) is 9.89. The zero-order chi connectivity index (χ0) is 19.5. The van der Waals surface area contributed by atoms with Crippen molar-refractivity contribution >= 4 is 23.3 Å². The van der Waals surface area contributed by atoms with Crippen molar-refractivity contribution in [1.82, 2.24) is 10.2 Å². The summed E-state index contributed by atoms with van der Waals surface area (Å²) in [6, 6.07) is 16.7. The Hall–Kier alpha value is -2.86. The molecule has 2 saturated heterocycles. The Morgan fingerprint density at radius 1 is 1.04 bits per heavy atom. The maximum atomic E-state index is 12.9. The van der Waals surface area contributed by atoms with E-state index in [4.69, 9.17) is 0 Å². The van der Waals surface area contributed by atoms with Crippen LogP contribution in [-0.2, 0) is 0 Å². The lowest BCUT2D eigenvalue weighted by Gasteiger charge is -2.21. The van der Waals surface area contributed by atoms with Gasteiger partial charge in [0, 0.05) is 49.7 Å². The van der Waals surface area contributed by atoms with Gasteiger partial charge in [-0.1, -0.05) is 18.2 Å². The second-order valence-corrected chi connectivity index (χ2v) is 7.48. The van der Waals surface area contributed by atoms with Gasteiger partial charge in [-0.05, 0) is 55.2 Å². The molecule has 146 valence electrons. The lowest BCUT2D eigenvalue weighted by molar-refractivity contribution is 0.0988. The number of carbonyl (C=O) groups is 2. The normalized spacial score (nSPS) is 20.7. The maximum absolute atomic E-state index is 12.9. The van der Waals surface area contributed by atoms with Crippen molar-refractivity contribution < 1.29 is 9.59 Å². The van der Waals surface area contributed by atoms with Crippen molar-refractivity contribution in [1.29, 1.82) is 0 Å². The maximum Gasteiger partial charge on any atom is 0.321 e. The van der Waals surface area contributed by atoms with Gasteiger partial charge in [-0.15, -0.1) is 0 Å². The van der Waals surface area contributed by atoms with Gasteiger partial charge >= 0.3 is 6.03 Å². The molecule has 0 spiro atoms. The first kappa shape index (κ1) is 18.5. The summed E-state index contributed by atoms with van der Waals surface area (Å²) in [5.74, 6) is 1.10. The number of benzene rings is 2. The molecule has 0 saturated carbocycles. The number of hydrogen-bond donors (Lipinski definition) is 2. The average Bonchev–Trinajstić information content (AvgIpc) is 3.32. The molecule has 2 fully saturated rings. The van der Waals surface area contributed by atoms with Crippen LogP contribution < -0.4 is 15.5 Å². The van der Waals surface area contributed by atoms with E-state index in [2.05, 4.69) is 10.6 Å². The minimum absolute atomic E-state index is 0.0496. The van der Waals surface area contributed by atoms with Crippen molar-refractivity contribution in [2.24, 2.45) is 11.8 Å². The zero-order valence-electron chi connectivity index (χ0n) is 16.1. The van der Waals surface area contributed by atoms with Gasteiger partial charge in [0.25, 0.3) is 5.91 Å². The summed E-state index contributed by atoms with van der Waals surface area (Å²) in [6.45, 7) is 6.17. The van der Waals surface area contributed by atoms with E-state index >= 15 is 0 Å².